The van der Waals surface area contributed by atoms with Crippen molar-refractivity contribution >= 4 is 16.7 Å². The van der Waals surface area contributed by atoms with Gasteiger partial charge in [-0.25, -0.2) is 4.79 Å². The highest BCUT2D eigenvalue weighted by molar-refractivity contribution is 5.92. The second-order valence-electron chi connectivity index (χ2n) is 5.71. The Labute approximate surface area is 134 Å². The molecule has 0 bridgehead atoms. The quantitative estimate of drug-likeness (QED) is 0.579. The smallest absolute Gasteiger partial charge is 0.343 e. The Bertz CT molecular complexity index is 854. The van der Waals surface area contributed by atoms with E-state index in [0.717, 1.165) is 16.5 Å². The molecule has 23 heavy (non-hydrogen) atoms. The number of carbonyl (C=O) groups is 1. The van der Waals surface area contributed by atoms with Crippen molar-refractivity contribution in [2.45, 2.75) is 19.8 Å². The summed E-state index contributed by atoms with van der Waals surface area (Å²) in [5, 5.41) is 11.2. The Morgan fingerprint density at radius 1 is 1.04 bits per heavy atom. The highest BCUT2D eigenvalue weighted by Gasteiger charge is 2.09. The molecule has 4 nitrogen and oxygen atoms in total. The average Bonchev–Trinajstić information content (AvgIpc) is 2.54. The first-order valence-electron chi connectivity index (χ1n) is 7.44. The van der Waals surface area contributed by atoms with Gasteiger partial charge in [0.05, 0.1) is 5.56 Å². The minimum absolute atomic E-state index is 0.110. The van der Waals surface area contributed by atoms with Gasteiger partial charge in [0.2, 0.25) is 0 Å². The van der Waals surface area contributed by atoms with Crippen LogP contribution in [-0.4, -0.2) is 16.1 Å². The molecule has 0 fully saturated rings. The zero-order chi connectivity index (χ0) is 16.4. The SMILES string of the molecule is CC(C)c1cc2ccc(OC(=O)c3ccc(O)cc3)cc2cn1. The molecule has 0 spiro atoms. The molecule has 0 saturated heterocycles. The maximum atomic E-state index is 12.1. The summed E-state index contributed by atoms with van der Waals surface area (Å²) >= 11 is 0. The molecule has 3 aromatic rings. The van der Waals surface area contributed by atoms with Crippen LogP contribution in [0.3, 0.4) is 0 Å². The number of benzene rings is 2. The van der Waals surface area contributed by atoms with Gasteiger partial charge in [0, 0.05) is 17.3 Å². The van der Waals surface area contributed by atoms with Gasteiger partial charge in [0.25, 0.3) is 0 Å². The summed E-state index contributed by atoms with van der Waals surface area (Å²) in [5.41, 5.74) is 1.42. The van der Waals surface area contributed by atoms with E-state index in [-0.39, 0.29) is 5.75 Å². The lowest BCUT2D eigenvalue weighted by molar-refractivity contribution is 0.0735. The summed E-state index contributed by atoms with van der Waals surface area (Å²) in [6.07, 6.45) is 1.79. The monoisotopic (exact) mass is 307 g/mol. The first-order valence-corrected chi connectivity index (χ1v) is 7.44. The second kappa shape index (κ2) is 6.08. The molecular formula is C19H17NO3. The van der Waals surface area contributed by atoms with Gasteiger partial charge in [-0.3, -0.25) is 4.98 Å². The van der Waals surface area contributed by atoms with Crippen LogP contribution in [-0.2, 0) is 0 Å². The summed E-state index contributed by atoms with van der Waals surface area (Å²) in [6.45, 7) is 4.20. The summed E-state index contributed by atoms with van der Waals surface area (Å²) < 4.78 is 5.38. The van der Waals surface area contributed by atoms with Crippen molar-refractivity contribution in [3.8, 4) is 11.5 Å². The van der Waals surface area contributed by atoms with E-state index in [9.17, 15) is 9.90 Å². The summed E-state index contributed by atoms with van der Waals surface area (Å²) in [6, 6.07) is 13.5. The molecular weight excluding hydrogens is 290 g/mol. The Hall–Kier alpha value is -2.88. The third kappa shape index (κ3) is 3.31. The Balaban J connectivity index is 1.84. The molecule has 1 aromatic heterocycles. The van der Waals surface area contributed by atoms with Gasteiger partial charge in [-0.2, -0.15) is 0 Å². The van der Waals surface area contributed by atoms with E-state index in [1.807, 2.05) is 12.1 Å². The van der Waals surface area contributed by atoms with Crippen molar-refractivity contribution in [3.63, 3.8) is 0 Å². The number of nitrogens with zero attached hydrogens (tertiary/aromatic N) is 1. The van der Waals surface area contributed by atoms with E-state index in [1.165, 1.54) is 24.3 Å². The van der Waals surface area contributed by atoms with E-state index in [0.29, 0.717) is 17.2 Å². The van der Waals surface area contributed by atoms with Gasteiger partial charge in [0.15, 0.2) is 0 Å². The number of aromatic hydroxyl groups is 1. The lowest BCUT2D eigenvalue weighted by Gasteiger charge is -2.08. The summed E-state index contributed by atoms with van der Waals surface area (Å²) in [4.78, 5) is 16.5. The average molecular weight is 307 g/mol. The molecule has 0 unspecified atom stereocenters. The van der Waals surface area contributed by atoms with Crippen molar-refractivity contribution in [3.05, 3.63) is 66.0 Å². The fourth-order valence-corrected chi connectivity index (χ4v) is 2.28. The minimum atomic E-state index is -0.462. The first kappa shape index (κ1) is 15.0. The fourth-order valence-electron chi connectivity index (χ4n) is 2.28. The van der Waals surface area contributed by atoms with Crippen LogP contribution in [0.15, 0.2) is 54.7 Å². The maximum Gasteiger partial charge on any atom is 0.343 e. The van der Waals surface area contributed by atoms with Crippen LogP contribution in [0.4, 0.5) is 0 Å². The van der Waals surface area contributed by atoms with E-state index >= 15 is 0 Å². The molecule has 0 amide bonds. The first-order chi connectivity index (χ1) is 11.0. The van der Waals surface area contributed by atoms with Gasteiger partial charge in [-0.1, -0.05) is 19.9 Å². The molecule has 2 aromatic carbocycles. The van der Waals surface area contributed by atoms with Gasteiger partial charge < -0.3 is 9.84 Å². The zero-order valence-corrected chi connectivity index (χ0v) is 13.0. The number of phenols is 1. The van der Waals surface area contributed by atoms with Crippen LogP contribution in [0.1, 0.15) is 35.8 Å². The van der Waals surface area contributed by atoms with E-state index in [1.54, 1.807) is 18.3 Å². The molecule has 116 valence electrons. The lowest BCUT2D eigenvalue weighted by Crippen LogP contribution is -2.08. The molecule has 0 aliphatic heterocycles. The largest absolute Gasteiger partial charge is 0.508 e. The third-order valence-corrected chi connectivity index (χ3v) is 3.62. The van der Waals surface area contributed by atoms with Gasteiger partial charge in [-0.05, 0) is 53.8 Å². The zero-order valence-electron chi connectivity index (χ0n) is 13.0. The highest BCUT2D eigenvalue weighted by Crippen LogP contribution is 2.24. The Kier molecular flexibility index (Phi) is 3.98. The molecule has 0 aliphatic carbocycles. The Morgan fingerprint density at radius 3 is 2.48 bits per heavy atom. The van der Waals surface area contributed by atoms with Crippen LogP contribution in [0.25, 0.3) is 10.8 Å². The number of aromatic nitrogens is 1. The number of rotatable bonds is 3. The molecule has 0 aliphatic rings. The summed E-state index contributed by atoms with van der Waals surface area (Å²) in [5.74, 6) is 0.483. The van der Waals surface area contributed by atoms with E-state index in [2.05, 4.69) is 18.8 Å². The number of carbonyl (C=O) groups excluding carboxylic acids is 1. The van der Waals surface area contributed by atoms with Gasteiger partial charge in [-0.15, -0.1) is 0 Å². The molecule has 4 heteroatoms. The number of phenolic OH excluding ortho intramolecular Hbond substituents is 1. The van der Waals surface area contributed by atoms with Crippen molar-refractivity contribution < 1.29 is 14.6 Å². The number of ether oxygens (including phenoxy) is 1. The fraction of sp³-hybridized carbons (Fsp3) is 0.158. The van der Waals surface area contributed by atoms with Crippen LogP contribution in [0.5, 0.6) is 11.5 Å². The van der Waals surface area contributed by atoms with Gasteiger partial charge in [0.1, 0.15) is 11.5 Å². The van der Waals surface area contributed by atoms with Crippen molar-refractivity contribution in [2.24, 2.45) is 0 Å². The molecule has 3 rings (SSSR count). The van der Waals surface area contributed by atoms with Crippen molar-refractivity contribution in [1.82, 2.24) is 4.98 Å². The predicted octanol–water partition coefficient (Wildman–Crippen LogP) is 4.28. The number of esters is 1. The molecule has 0 saturated carbocycles. The molecule has 0 atom stereocenters. The predicted molar refractivity (Wildman–Crippen MR) is 88.9 cm³/mol. The molecule has 0 radical (unpaired) electrons. The normalized spacial score (nSPS) is 10.9. The molecule has 1 N–H and O–H groups in total. The number of hydrogen-bond donors (Lipinski definition) is 1. The summed E-state index contributed by atoms with van der Waals surface area (Å²) in [7, 11) is 0. The minimum Gasteiger partial charge on any atom is -0.508 e. The van der Waals surface area contributed by atoms with Crippen LogP contribution in [0, 0.1) is 0 Å². The van der Waals surface area contributed by atoms with Gasteiger partial charge >= 0.3 is 5.97 Å². The van der Waals surface area contributed by atoms with Crippen LogP contribution < -0.4 is 4.74 Å². The lowest BCUT2D eigenvalue weighted by atomic mass is 10.1. The molecule has 1 heterocycles. The Morgan fingerprint density at radius 2 is 1.78 bits per heavy atom. The standard InChI is InChI=1S/C19H17NO3/c1-12(2)18-10-14-5-8-17(9-15(14)11-20-18)23-19(22)13-3-6-16(21)7-4-13/h3-12,21H,1-2H3. The number of fused-ring (bicyclic) bond motifs is 1. The van der Waals surface area contributed by atoms with Crippen molar-refractivity contribution in [2.75, 3.05) is 0 Å². The second-order valence-corrected chi connectivity index (χ2v) is 5.71. The number of pyridine rings is 1. The number of hydrogen-bond acceptors (Lipinski definition) is 4. The van der Waals surface area contributed by atoms with Crippen LogP contribution in [0.2, 0.25) is 0 Å². The highest BCUT2D eigenvalue weighted by atomic mass is 16.5. The topological polar surface area (TPSA) is 59.4 Å². The van der Waals surface area contributed by atoms with E-state index < -0.39 is 5.97 Å². The third-order valence-electron chi connectivity index (χ3n) is 3.62. The van der Waals surface area contributed by atoms with Crippen LogP contribution >= 0.6 is 0 Å². The van der Waals surface area contributed by atoms with E-state index in [4.69, 9.17) is 4.74 Å². The maximum absolute atomic E-state index is 12.1. The van der Waals surface area contributed by atoms with Crippen molar-refractivity contribution in [1.29, 1.82) is 0 Å².